The molecule has 0 bridgehead atoms. The molecular weight excluding hydrogens is 272 g/mol. The van der Waals surface area contributed by atoms with Gasteiger partial charge in [0.2, 0.25) is 5.16 Å². The predicted molar refractivity (Wildman–Crippen MR) is 76.4 cm³/mol. The maximum atomic E-state index is 5.54. The summed E-state index contributed by atoms with van der Waals surface area (Å²) in [5.41, 5.74) is 6.69. The molecule has 0 spiro atoms. The molecule has 0 amide bonds. The van der Waals surface area contributed by atoms with Gasteiger partial charge in [-0.1, -0.05) is 18.9 Å². The number of hydrogen-bond donors (Lipinski definition) is 1. The van der Waals surface area contributed by atoms with Crippen LogP contribution >= 0.6 is 11.8 Å². The number of nitrogens with zero attached hydrogens (tertiary/aromatic N) is 5. The summed E-state index contributed by atoms with van der Waals surface area (Å²) in [6, 6.07) is 4.51. The van der Waals surface area contributed by atoms with Gasteiger partial charge in [0.15, 0.2) is 0 Å². The van der Waals surface area contributed by atoms with Crippen LogP contribution in [0.5, 0.6) is 0 Å². The van der Waals surface area contributed by atoms with Crippen molar-refractivity contribution >= 4 is 11.8 Å². The molecule has 2 aromatic heterocycles. The normalized spacial score (nSPS) is 15.8. The highest BCUT2D eigenvalue weighted by molar-refractivity contribution is 7.99. The molecule has 0 aromatic carbocycles. The first-order valence-electron chi connectivity index (χ1n) is 6.97. The van der Waals surface area contributed by atoms with Gasteiger partial charge < -0.3 is 5.73 Å². The molecular formula is C13H18N6S. The lowest BCUT2D eigenvalue weighted by atomic mass is 10.2. The Morgan fingerprint density at radius 1 is 1.30 bits per heavy atom. The highest BCUT2D eigenvalue weighted by atomic mass is 32.2. The van der Waals surface area contributed by atoms with Gasteiger partial charge in [0.25, 0.3) is 0 Å². The fourth-order valence-corrected chi connectivity index (χ4v) is 3.30. The van der Waals surface area contributed by atoms with Crippen molar-refractivity contribution in [1.29, 1.82) is 0 Å². The minimum atomic E-state index is 0.448. The zero-order chi connectivity index (χ0) is 13.8. The Kier molecular flexibility index (Phi) is 4.27. The zero-order valence-electron chi connectivity index (χ0n) is 11.3. The molecule has 7 heteroatoms. The van der Waals surface area contributed by atoms with E-state index < -0.39 is 0 Å². The second-order valence-corrected chi connectivity index (χ2v) is 5.98. The summed E-state index contributed by atoms with van der Waals surface area (Å²) in [6.45, 7) is 0.647. The average Bonchev–Trinajstić information content (AvgIpc) is 3.12. The maximum absolute atomic E-state index is 5.54. The topological polar surface area (TPSA) is 82.5 Å². The SMILES string of the molecule is NCCc1ccc(Sc2nnnn2C2CCCC2)nc1. The van der Waals surface area contributed by atoms with Gasteiger partial charge in [-0.15, -0.1) is 5.10 Å². The van der Waals surface area contributed by atoms with Crippen LogP contribution in [0.25, 0.3) is 0 Å². The van der Waals surface area contributed by atoms with Crippen LogP contribution in [0.2, 0.25) is 0 Å². The lowest BCUT2D eigenvalue weighted by molar-refractivity contribution is 0.423. The van der Waals surface area contributed by atoms with Gasteiger partial charge in [-0.2, -0.15) is 0 Å². The molecule has 2 aromatic rings. The molecule has 1 fully saturated rings. The van der Waals surface area contributed by atoms with Crippen LogP contribution in [0.4, 0.5) is 0 Å². The Morgan fingerprint density at radius 3 is 2.85 bits per heavy atom. The minimum Gasteiger partial charge on any atom is -0.330 e. The molecule has 20 heavy (non-hydrogen) atoms. The molecule has 106 valence electrons. The third-order valence-corrected chi connectivity index (χ3v) is 4.46. The van der Waals surface area contributed by atoms with Crippen LogP contribution in [0.15, 0.2) is 28.5 Å². The van der Waals surface area contributed by atoms with E-state index in [1.165, 1.54) is 37.4 Å². The Morgan fingerprint density at radius 2 is 2.15 bits per heavy atom. The summed E-state index contributed by atoms with van der Waals surface area (Å²) in [5.74, 6) is 0. The van der Waals surface area contributed by atoms with Crippen LogP contribution in [0.1, 0.15) is 37.3 Å². The number of tetrazole rings is 1. The van der Waals surface area contributed by atoms with Crippen LogP contribution in [-0.4, -0.2) is 31.7 Å². The quantitative estimate of drug-likeness (QED) is 0.904. The molecule has 2 heterocycles. The van der Waals surface area contributed by atoms with E-state index >= 15 is 0 Å². The van der Waals surface area contributed by atoms with Gasteiger partial charge in [-0.25, -0.2) is 9.67 Å². The molecule has 1 aliphatic rings. The van der Waals surface area contributed by atoms with Gasteiger partial charge in [0.1, 0.15) is 5.03 Å². The third-order valence-electron chi connectivity index (χ3n) is 3.56. The summed E-state index contributed by atoms with van der Waals surface area (Å²) in [5, 5.41) is 13.8. The maximum Gasteiger partial charge on any atom is 0.215 e. The van der Waals surface area contributed by atoms with E-state index in [4.69, 9.17) is 5.73 Å². The second kappa shape index (κ2) is 6.32. The monoisotopic (exact) mass is 290 g/mol. The van der Waals surface area contributed by atoms with Crippen LogP contribution in [0, 0.1) is 0 Å². The van der Waals surface area contributed by atoms with E-state index in [1.54, 1.807) is 0 Å². The highest BCUT2D eigenvalue weighted by Gasteiger charge is 2.22. The molecule has 0 atom stereocenters. The summed E-state index contributed by atoms with van der Waals surface area (Å²) in [6.07, 6.45) is 7.60. The van der Waals surface area contributed by atoms with Crippen molar-refractivity contribution in [2.24, 2.45) is 5.73 Å². The molecule has 0 aliphatic heterocycles. The van der Waals surface area contributed by atoms with Gasteiger partial charge in [-0.05, 0) is 59.6 Å². The number of pyridine rings is 1. The Hall–Kier alpha value is -1.47. The first kappa shape index (κ1) is 13.5. The Bertz CT molecular complexity index is 546. The largest absolute Gasteiger partial charge is 0.330 e. The van der Waals surface area contributed by atoms with Crippen molar-refractivity contribution < 1.29 is 0 Å². The van der Waals surface area contributed by atoms with E-state index in [9.17, 15) is 0 Å². The molecule has 0 saturated heterocycles. The number of aromatic nitrogens is 5. The molecule has 2 N–H and O–H groups in total. The van der Waals surface area contributed by atoms with Crippen LogP contribution in [0.3, 0.4) is 0 Å². The van der Waals surface area contributed by atoms with E-state index in [1.807, 2.05) is 16.9 Å². The van der Waals surface area contributed by atoms with Gasteiger partial charge in [0.05, 0.1) is 6.04 Å². The van der Waals surface area contributed by atoms with E-state index in [0.717, 1.165) is 22.2 Å². The number of hydrogen-bond acceptors (Lipinski definition) is 6. The highest BCUT2D eigenvalue weighted by Crippen LogP contribution is 2.33. The van der Waals surface area contributed by atoms with Crippen molar-refractivity contribution in [3.8, 4) is 0 Å². The van der Waals surface area contributed by atoms with E-state index in [-0.39, 0.29) is 0 Å². The van der Waals surface area contributed by atoms with Crippen molar-refractivity contribution in [2.75, 3.05) is 6.54 Å². The van der Waals surface area contributed by atoms with Gasteiger partial charge >= 0.3 is 0 Å². The molecule has 3 rings (SSSR count). The molecule has 0 radical (unpaired) electrons. The van der Waals surface area contributed by atoms with Gasteiger partial charge in [-0.3, -0.25) is 0 Å². The fourth-order valence-electron chi connectivity index (χ4n) is 2.51. The molecule has 1 saturated carbocycles. The molecule has 1 aliphatic carbocycles. The smallest absolute Gasteiger partial charge is 0.215 e. The summed E-state index contributed by atoms with van der Waals surface area (Å²) < 4.78 is 1.95. The van der Waals surface area contributed by atoms with Crippen LogP contribution in [-0.2, 0) is 6.42 Å². The van der Waals surface area contributed by atoms with Crippen molar-refractivity contribution in [1.82, 2.24) is 25.2 Å². The average molecular weight is 290 g/mol. The summed E-state index contributed by atoms with van der Waals surface area (Å²) >= 11 is 1.52. The lowest BCUT2D eigenvalue weighted by Crippen LogP contribution is -2.08. The number of nitrogens with two attached hydrogens (primary N) is 1. The summed E-state index contributed by atoms with van der Waals surface area (Å²) in [4.78, 5) is 4.44. The standard InChI is InChI=1S/C13H18N6S/c14-8-7-10-5-6-12(15-9-10)20-13-16-17-18-19(13)11-3-1-2-4-11/h5-6,9,11H,1-4,7-8,14H2. The fraction of sp³-hybridized carbons (Fsp3) is 0.538. The predicted octanol–water partition coefficient (Wildman–Crippen LogP) is 1.84. The second-order valence-electron chi connectivity index (χ2n) is 4.99. The van der Waals surface area contributed by atoms with E-state index in [0.29, 0.717) is 12.6 Å². The first-order valence-corrected chi connectivity index (χ1v) is 7.79. The van der Waals surface area contributed by atoms with Crippen molar-refractivity contribution in [2.45, 2.75) is 48.3 Å². The number of rotatable bonds is 5. The Balaban J connectivity index is 1.72. The third kappa shape index (κ3) is 2.99. The Labute approximate surface area is 122 Å². The lowest BCUT2D eigenvalue weighted by Gasteiger charge is -2.10. The minimum absolute atomic E-state index is 0.448. The van der Waals surface area contributed by atoms with Crippen molar-refractivity contribution in [3.05, 3.63) is 23.9 Å². The molecule has 6 nitrogen and oxygen atoms in total. The van der Waals surface area contributed by atoms with Crippen LogP contribution < -0.4 is 5.73 Å². The van der Waals surface area contributed by atoms with Gasteiger partial charge in [0, 0.05) is 6.20 Å². The zero-order valence-corrected chi connectivity index (χ0v) is 12.1. The van der Waals surface area contributed by atoms with E-state index in [2.05, 4.69) is 26.6 Å². The first-order chi connectivity index (χ1) is 9.86. The van der Waals surface area contributed by atoms with Crippen molar-refractivity contribution in [3.63, 3.8) is 0 Å². The summed E-state index contributed by atoms with van der Waals surface area (Å²) in [7, 11) is 0. The molecule has 0 unspecified atom stereocenters.